The second-order valence-electron chi connectivity index (χ2n) is 7.48. The summed E-state index contributed by atoms with van der Waals surface area (Å²) in [6, 6.07) is 5.98. The number of ether oxygens (including phenoxy) is 2. The van der Waals surface area contributed by atoms with Crippen molar-refractivity contribution in [1.29, 1.82) is 0 Å². The van der Waals surface area contributed by atoms with Gasteiger partial charge in [0.05, 0.1) is 26.0 Å². The highest BCUT2D eigenvalue weighted by molar-refractivity contribution is 5.79. The molecule has 2 N–H and O–H groups in total. The van der Waals surface area contributed by atoms with Crippen LogP contribution in [0, 0.1) is 0 Å². The topological polar surface area (TPSA) is 80.9 Å². The van der Waals surface area contributed by atoms with E-state index in [4.69, 9.17) is 13.9 Å². The lowest BCUT2D eigenvalue weighted by molar-refractivity contribution is 0.297. The monoisotopic (exact) mass is 372 g/mol. The van der Waals surface area contributed by atoms with E-state index in [0.717, 1.165) is 29.2 Å². The van der Waals surface area contributed by atoms with Gasteiger partial charge in [-0.15, -0.1) is 0 Å². The summed E-state index contributed by atoms with van der Waals surface area (Å²) in [4.78, 5) is 8.57. The fourth-order valence-electron chi connectivity index (χ4n) is 2.62. The lowest BCUT2D eigenvalue weighted by Crippen LogP contribution is -2.36. The number of oxazole rings is 1. The molecule has 1 aromatic heterocycles. The molecule has 7 nitrogen and oxygen atoms in total. The van der Waals surface area contributed by atoms with Gasteiger partial charge < -0.3 is 24.5 Å². The maximum Gasteiger partial charge on any atom is 0.213 e. The molecular formula is C20H28N4O3. The Morgan fingerprint density at radius 2 is 1.85 bits per heavy atom. The molecule has 7 heteroatoms. The number of aliphatic imine (C=N–C) groups is 1. The minimum Gasteiger partial charge on any atom is -0.490 e. The number of guanidine groups is 1. The third-order valence-corrected chi connectivity index (χ3v) is 4.20. The van der Waals surface area contributed by atoms with E-state index in [1.165, 1.54) is 0 Å². The van der Waals surface area contributed by atoms with E-state index in [1.807, 2.05) is 18.2 Å². The highest BCUT2D eigenvalue weighted by Crippen LogP contribution is 2.30. The normalized spacial score (nSPS) is 14.6. The van der Waals surface area contributed by atoms with Gasteiger partial charge in [-0.25, -0.2) is 4.98 Å². The van der Waals surface area contributed by atoms with Gasteiger partial charge in [0.2, 0.25) is 5.89 Å². The van der Waals surface area contributed by atoms with E-state index >= 15 is 0 Å². The Balaban J connectivity index is 1.53. The molecule has 1 aliphatic rings. The molecule has 0 fully saturated rings. The maximum absolute atomic E-state index is 5.79. The van der Waals surface area contributed by atoms with E-state index in [9.17, 15) is 0 Å². The minimum absolute atomic E-state index is 0.0533. The largest absolute Gasteiger partial charge is 0.490 e. The number of nitrogens with zero attached hydrogens (tertiary/aromatic N) is 2. The zero-order valence-corrected chi connectivity index (χ0v) is 16.5. The third-order valence-electron chi connectivity index (χ3n) is 4.20. The summed E-state index contributed by atoms with van der Waals surface area (Å²) in [5.41, 5.74) is 1.04. The predicted octanol–water partition coefficient (Wildman–Crippen LogP) is 3.00. The van der Waals surface area contributed by atoms with E-state index in [0.29, 0.717) is 38.2 Å². The summed E-state index contributed by atoms with van der Waals surface area (Å²) in [6.07, 6.45) is 2.68. The van der Waals surface area contributed by atoms with Gasteiger partial charge in [0.1, 0.15) is 5.76 Å². The zero-order chi connectivity index (χ0) is 19.3. The van der Waals surface area contributed by atoms with Crippen molar-refractivity contribution < 1.29 is 13.9 Å². The summed E-state index contributed by atoms with van der Waals surface area (Å²) >= 11 is 0. The Hall–Kier alpha value is -2.70. The Kier molecular flexibility index (Phi) is 5.88. The molecule has 2 aromatic rings. The Labute approximate surface area is 160 Å². The second kappa shape index (κ2) is 8.33. The van der Waals surface area contributed by atoms with Crippen LogP contribution in [-0.2, 0) is 18.5 Å². The molecule has 0 aliphatic carbocycles. The van der Waals surface area contributed by atoms with Crippen molar-refractivity contribution in [3.8, 4) is 11.5 Å². The molecular weight excluding hydrogens is 344 g/mol. The van der Waals surface area contributed by atoms with Gasteiger partial charge in [-0.2, -0.15) is 0 Å². The Bertz CT molecular complexity index is 793. The molecule has 0 radical (unpaired) electrons. The molecule has 1 aromatic carbocycles. The molecule has 0 saturated carbocycles. The fourth-order valence-corrected chi connectivity index (χ4v) is 2.62. The molecule has 0 atom stereocenters. The van der Waals surface area contributed by atoms with Crippen LogP contribution in [0.2, 0.25) is 0 Å². The number of nitrogens with one attached hydrogen (secondary N) is 2. The smallest absolute Gasteiger partial charge is 0.213 e. The van der Waals surface area contributed by atoms with Crippen LogP contribution < -0.4 is 20.1 Å². The summed E-state index contributed by atoms with van der Waals surface area (Å²) in [6.45, 7) is 8.76. The number of benzene rings is 1. The van der Waals surface area contributed by atoms with Crippen LogP contribution in [0.1, 0.15) is 44.4 Å². The van der Waals surface area contributed by atoms with Gasteiger partial charge in [0, 0.05) is 25.4 Å². The van der Waals surface area contributed by atoms with Crippen LogP contribution in [0.3, 0.4) is 0 Å². The lowest BCUT2D eigenvalue weighted by atomic mass is 9.94. The number of hydrogen-bond acceptors (Lipinski definition) is 5. The van der Waals surface area contributed by atoms with E-state index < -0.39 is 0 Å². The van der Waals surface area contributed by atoms with Gasteiger partial charge in [0.15, 0.2) is 17.5 Å². The third kappa shape index (κ3) is 5.15. The van der Waals surface area contributed by atoms with Crippen LogP contribution in [-0.4, -0.2) is 31.2 Å². The first-order valence-electron chi connectivity index (χ1n) is 9.24. The lowest BCUT2D eigenvalue weighted by Gasteiger charge is -2.14. The Morgan fingerprint density at radius 1 is 1.11 bits per heavy atom. The average molecular weight is 372 g/mol. The first-order chi connectivity index (χ1) is 13.0. The molecule has 0 bridgehead atoms. The first-order valence-corrected chi connectivity index (χ1v) is 9.24. The molecule has 0 unspecified atom stereocenters. The molecule has 27 heavy (non-hydrogen) atoms. The first kappa shape index (κ1) is 19.1. The number of rotatable bonds is 4. The molecule has 0 saturated heterocycles. The maximum atomic E-state index is 5.79. The number of fused-ring (bicyclic) bond motifs is 1. The molecule has 0 amide bonds. The van der Waals surface area contributed by atoms with Crippen molar-refractivity contribution in [3.05, 3.63) is 41.6 Å². The zero-order valence-electron chi connectivity index (χ0n) is 16.5. The second-order valence-corrected chi connectivity index (χ2v) is 7.48. The predicted molar refractivity (Wildman–Crippen MR) is 104 cm³/mol. The highest BCUT2D eigenvalue weighted by atomic mass is 16.5. The molecule has 2 heterocycles. The van der Waals surface area contributed by atoms with Crippen LogP contribution in [0.25, 0.3) is 0 Å². The van der Waals surface area contributed by atoms with Gasteiger partial charge in [-0.1, -0.05) is 26.8 Å². The summed E-state index contributed by atoms with van der Waals surface area (Å²) in [7, 11) is 1.74. The number of hydrogen-bond donors (Lipinski definition) is 2. The van der Waals surface area contributed by atoms with Crippen molar-refractivity contribution in [3.63, 3.8) is 0 Å². The van der Waals surface area contributed by atoms with E-state index in [2.05, 4.69) is 41.4 Å². The number of aromatic nitrogens is 1. The van der Waals surface area contributed by atoms with Crippen LogP contribution in [0.4, 0.5) is 0 Å². The van der Waals surface area contributed by atoms with Crippen molar-refractivity contribution in [2.75, 3.05) is 20.3 Å². The summed E-state index contributed by atoms with van der Waals surface area (Å²) in [5, 5.41) is 6.51. The van der Waals surface area contributed by atoms with Gasteiger partial charge in [-0.05, 0) is 17.7 Å². The molecule has 146 valence electrons. The molecule has 3 rings (SSSR count). The van der Waals surface area contributed by atoms with Crippen LogP contribution in [0.15, 0.2) is 33.8 Å². The van der Waals surface area contributed by atoms with Gasteiger partial charge in [0.25, 0.3) is 0 Å². The molecule has 0 spiro atoms. The van der Waals surface area contributed by atoms with E-state index in [-0.39, 0.29) is 5.41 Å². The van der Waals surface area contributed by atoms with Crippen molar-refractivity contribution in [1.82, 2.24) is 15.6 Å². The van der Waals surface area contributed by atoms with Crippen LogP contribution in [0.5, 0.6) is 11.5 Å². The van der Waals surface area contributed by atoms with E-state index in [1.54, 1.807) is 13.2 Å². The fraction of sp³-hybridized carbons (Fsp3) is 0.500. The SMILES string of the molecule is CN=C(NCc1ccc2c(c1)OCCCO2)NCc1ncc(C(C)(C)C)o1. The van der Waals surface area contributed by atoms with Crippen molar-refractivity contribution >= 4 is 5.96 Å². The van der Waals surface area contributed by atoms with Gasteiger partial charge >= 0.3 is 0 Å². The summed E-state index contributed by atoms with van der Waals surface area (Å²) < 4.78 is 17.2. The Morgan fingerprint density at radius 3 is 2.56 bits per heavy atom. The highest BCUT2D eigenvalue weighted by Gasteiger charge is 2.19. The van der Waals surface area contributed by atoms with Crippen molar-refractivity contribution in [2.45, 2.75) is 45.7 Å². The summed E-state index contributed by atoms with van der Waals surface area (Å²) in [5.74, 6) is 3.78. The van der Waals surface area contributed by atoms with Crippen LogP contribution >= 0.6 is 0 Å². The van der Waals surface area contributed by atoms with Crippen molar-refractivity contribution in [2.24, 2.45) is 4.99 Å². The standard InChI is InChI=1S/C20H28N4O3/c1-20(2,3)17-12-22-18(27-17)13-24-19(21-4)23-11-14-6-7-15-16(10-14)26-9-5-8-25-15/h6-7,10,12H,5,8-9,11,13H2,1-4H3,(H2,21,23,24). The minimum atomic E-state index is -0.0533. The quantitative estimate of drug-likeness (QED) is 0.634. The molecule has 1 aliphatic heterocycles. The van der Waals surface area contributed by atoms with Gasteiger partial charge in [-0.3, -0.25) is 4.99 Å². The average Bonchev–Trinajstić information content (AvgIpc) is 3.00.